The van der Waals surface area contributed by atoms with Gasteiger partial charge in [0.25, 0.3) is 0 Å². The van der Waals surface area contributed by atoms with E-state index < -0.39 is 6.03 Å². The van der Waals surface area contributed by atoms with Gasteiger partial charge in [0.1, 0.15) is 12.4 Å². The summed E-state index contributed by atoms with van der Waals surface area (Å²) < 4.78 is 16.7. The summed E-state index contributed by atoms with van der Waals surface area (Å²) in [6.45, 7) is 7.04. The van der Waals surface area contributed by atoms with E-state index in [-0.39, 0.29) is 0 Å². The number of morpholine rings is 2. The molecular formula is C21H27ClN6O4. The molecule has 0 saturated carbocycles. The van der Waals surface area contributed by atoms with Crippen LogP contribution in [0.4, 0.5) is 22.2 Å². The molecule has 10 nitrogen and oxygen atoms in total. The van der Waals surface area contributed by atoms with Gasteiger partial charge in [-0.15, -0.1) is 0 Å². The molecule has 0 spiro atoms. The average Bonchev–Trinajstić information content (AvgIpc) is 2.82. The van der Waals surface area contributed by atoms with Gasteiger partial charge in [-0.25, -0.2) is 4.79 Å². The standard InChI is InChI=1S/C21H27ClN6O4/c22-16-3-1-2-4-17(16)23-21(29)25-18-15-19(32-14-7-27-5-10-30-11-6-27)26-20(24-18)28-8-12-31-13-9-28/h1-4,15H,5-14H2,(H2,23,24,25,26,29). The molecular weight excluding hydrogens is 436 g/mol. The van der Waals surface area contributed by atoms with Crippen molar-refractivity contribution in [3.63, 3.8) is 0 Å². The summed E-state index contributed by atoms with van der Waals surface area (Å²) in [6, 6.07) is 8.19. The zero-order chi connectivity index (χ0) is 22.2. The van der Waals surface area contributed by atoms with E-state index in [4.69, 9.17) is 25.8 Å². The van der Waals surface area contributed by atoms with E-state index in [2.05, 4.69) is 25.5 Å². The lowest BCUT2D eigenvalue weighted by Crippen LogP contribution is -2.39. The van der Waals surface area contributed by atoms with Crippen LogP contribution in [0.15, 0.2) is 30.3 Å². The van der Waals surface area contributed by atoms with Crippen LogP contribution in [0.5, 0.6) is 5.88 Å². The number of hydrogen-bond acceptors (Lipinski definition) is 8. The largest absolute Gasteiger partial charge is 0.476 e. The summed E-state index contributed by atoms with van der Waals surface area (Å²) >= 11 is 6.13. The minimum Gasteiger partial charge on any atom is -0.476 e. The van der Waals surface area contributed by atoms with Crippen LogP contribution in [-0.4, -0.2) is 86.7 Å². The summed E-state index contributed by atoms with van der Waals surface area (Å²) in [5.41, 5.74) is 0.510. The van der Waals surface area contributed by atoms with Crippen LogP contribution in [0.1, 0.15) is 0 Å². The summed E-state index contributed by atoms with van der Waals surface area (Å²) in [4.78, 5) is 25.9. The third-order valence-electron chi connectivity index (χ3n) is 5.11. The first-order valence-corrected chi connectivity index (χ1v) is 11.0. The number of amides is 2. The van der Waals surface area contributed by atoms with Crippen molar-refractivity contribution < 1.29 is 19.0 Å². The number of ether oxygens (including phenoxy) is 3. The Morgan fingerprint density at radius 3 is 2.50 bits per heavy atom. The van der Waals surface area contributed by atoms with Crippen molar-refractivity contribution in [1.82, 2.24) is 14.9 Å². The lowest BCUT2D eigenvalue weighted by atomic mass is 10.3. The van der Waals surface area contributed by atoms with Gasteiger partial charge in [-0.1, -0.05) is 23.7 Å². The van der Waals surface area contributed by atoms with Gasteiger partial charge in [-0.05, 0) is 12.1 Å². The van der Waals surface area contributed by atoms with E-state index >= 15 is 0 Å². The Labute approximate surface area is 191 Å². The molecule has 3 heterocycles. The smallest absolute Gasteiger partial charge is 0.324 e. The van der Waals surface area contributed by atoms with E-state index in [0.717, 1.165) is 32.8 Å². The van der Waals surface area contributed by atoms with Crippen molar-refractivity contribution >= 4 is 35.1 Å². The molecule has 11 heteroatoms. The van der Waals surface area contributed by atoms with Gasteiger partial charge >= 0.3 is 6.03 Å². The number of carbonyl (C=O) groups excluding carboxylic acids is 1. The van der Waals surface area contributed by atoms with Crippen molar-refractivity contribution in [2.75, 3.05) is 81.3 Å². The van der Waals surface area contributed by atoms with Crippen LogP contribution in [0.3, 0.4) is 0 Å². The fourth-order valence-electron chi connectivity index (χ4n) is 3.39. The Hall–Kier alpha value is -2.66. The molecule has 0 unspecified atom stereocenters. The summed E-state index contributed by atoms with van der Waals surface area (Å²) in [5, 5.41) is 5.93. The molecule has 2 aromatic rings. The highest BCUT2D eigenvalue weighted by molar-refractivity contribution is 6.33. The van der Waals surface area contributed by atoms with Gasteiger partial charge in [0, 0.05) is 38.8 Å². The SMILES string of the molecule is O=C(Nc1cc(OCCN2CCOCC2)nc(N2CCOCC2)n1)Nc1ccccc1Cl. The first kappa shape index (κ1) is 22.5. The molecule has 0 aliphatic carbocycles. The first-order chi connectivity index (χ1) is 15.7. The summed E-state index contributed by atoms with van der Waals surface area (Å²) in [6.07, 6.45) is 0. The van der Waals surface area contributed by atoms with Crippen molar-refractivity contribution in [2.45, 2.75) is 0 Å². The molecule has 172 valence electrons. The minimum absolute atomic E-state index is 0.340. The average molecular weight is 463 g/mol. The maximum absolute atomic E-state index is 12.5. The highest BCUT2D eigenvalue weighted by Crippen LogP contribution is 2.22. The predicted octanol–water partition coefficient (Wildman–Crippen LogP) is 2.32. The lowest BCUT2D eigenvalue weighted by Gasteiger charge is -2.28. The second kappa shape index (κ2) is 11.3. The molecule has 0 atom stereocenters. The van der Waals surface area contributed by atoms with E-state index in [9.17, 15) is 4.79 Å². The van der Waals surface area contributed by atoms with Crippen LogP contribution in [0.2, 0.25) is 5.02 Å². The van der Waals surface area contributed by atoms with Gasteiger partial charge in [0.15, 0.2) is 0 Å². The van der Waals surface area contributed by atoms with Crippen molar-refractivity contribution in [3.8, 4) is 5.88 Å². The summed E-state index contributed by atoms with van der Waals surface area (Å²) in [7, 11) is 0. The fraction of sp³-hybridized carbons (Fsp3) is 0.476. The molecule has 2 N–H and O–H groups in total. The molecule has 2 aliphatic heterocycles. The quantitative estimate of drug-likeness (QED) is 0.646. The molecule has 0 bridgehead atoms. The molecule has 2 aliphatic rings. The molecule has 2 fully saturated rings. The molecule has 32 heavy (non-hydrogen) atoms. The summed E-state index contributed by atoms with van der Waals surface area (Å²) in [5.74, 6) is 1.24. The van der Waals surface area contributed by atoms with Gasteiger partial charge in [-0.2, -0.15) is 9.97 Å². The first-order valence-electron chi connectivity index (χ1n) is 10.6. The van der Waals surface area contributed by atoms with E-state index in [0.29, 0.717) is 61.3 Å². The topological polar surface area (TPSA) is 101 Å². The maximum atomic E-state index is 12.5. The van der Waals surface area contributed by atoms with Gasteiger partial charge in [0.2, 0.25) is 11.8 Å². The third kappa shape index (κ3) is 6.42. The fourth-order valence-corrected chi connectivity index (χ4v) is 3.58. The van der Waals surface area contributed by atoms with E-state index in [1.807, 2.05) is 4.90 Å². The molecule has 1 aromatic heterocycles. The van der Waals surface area contributed by atoms with Crippen molar-refractivity contribution in [3.05, 3.63) is 35.4 Å². The van der Waals surface area contributed by atoms with Crippen molar-refractivity contribution in [1.29, 1.82) is 0 Å². The van der Waals surface area contributed by atoms with Crippen LogP contribution in [0, 0.1) is 0 Å². The predicted molar refractivity (Wildman–Crippen MR) is 122 cm³/mol. The number of carbonyl (C=O) groups is 1. The van der Waals surface area contributed by atoms with Crippen LogP contribution in [-0.2, 0) is 9.47 Å². The van der Waals surface area contributed by atoms with E-state index in [1.54, 1.807) is 30.3 Å². The highest BCUT2D eigenvalue weighted by Gasteiger charge is 2.18. The number of hydrogen-bond donors (Lipinski definition) is 2. The minimum atomic E-state index is -0.455. The maximum Gasteiger partial charge on any atom is 0.324 e. The highest BCUT2D eigenvalue weighted by atomic mass is 35.5. The third-order valence-corrected chi connectivity index (χ3v) is 5.44. The van der Waals surface area contributed by atoms with E-state index in [1.165, 1.54) is 0 Å². The number of nitrogens with one attached hydrogen (secondary N) is 2. The van der Waals surface area contributed by atoms with Crippen LogP contribution < -0.4 is 20.3 Å². The number of benzene rings is 1. The molecule has 2 amide bonds. The normalized spacial score (nSPS) is 17.1. The molecule has 1 aromatic carbocycles. The van der Waals surface area contributed by atoms with Crippen LogP contribution in [0.25, 0.3) is 0 Å². The zero-order valence-electron chi connectivity index (χ0n) is 17.8. The van der Waals surface area contributed by atoms with Gasteiger partial charge in [0.05, 0.1) is 37.1 Å². The molecule has 0 radical (unpaired) electrons. The van der Waals surface area contributed by atoms with Gasteiger partial charge < -0.3 is 24.4 Å². The number of halogens is 1. The zero-order valence-corrected chi connectivity index (χ0v) is 18.5. The number of aromatic nitrogens is 2. The Bertz CT molecular complexity index is 906. The Kier molecular flexibility index (Phi) is 7.94. The lowest BCUT2D eigenvalue weighted by molar-refractivity contribution is 0.0320. The van der Waals surface area contributed by atoms with Crippen LogP contribution >= 0.6 is 11.6 Å². The Balaban J connectivity index is 1.43. The second-order valence-electron chi connectivity index (χ2n) is 7.35. The number of nitrogens with zero attached hydrogens (tertiary/aromatic N) is 4. The van der Waals surface area contributed by atoms with Gasteiger partial charge in [-0.3, -0.25) is 10.2 Å². The monoisotopic (exact) mass is 462 g/mol. The second-order valence-corrected chi connectivity index (χ2v) is 7.76. The molecule has 4 rings (SSSR count). The number of rotatable bonds is 7. The Morgan fingerprint density at radius 2 is 1.75 bits per heavy atom. The van der Waals surface area contributed by atoms with Crippen molar-refractivity contribution in [2.24, 2.45) is 0 Å². The number of urea groups is 1. The number of anilines is 3. The number of para-hydroxylation sites is 1. The molecule has 2 saturated heterocycles. The Morgan fingerprint density at radius 1 is 1.03 bits per heavy atom.